The molecule has 1 aromatic rings. The van der Waals surface area contributed by atoms with Crippen LogP contribution in [-0.2, 0) is 14.3 Å². The zero-order valence-electron chi connectivity index (χ0n) is 21.9. The molecule has 2 saturated heterocycles. The summed E-state index contributed by atoms with van der Waals surface area (Å²) in [6, 6.07) is 5.73. The number of amides is 3. The predicted molar refractivity (Wildman–Crippen MR) is 140 cm³/mol. The van der Waals surface area contributed by atoms with E-state index in [1.807, 2.05) is 6.07 Å². The molecule has 0 radical (unpaired) electrons. The van der Waals surface area contributed by atoms with Gasteiger partial charge in [-0.2, -0.15) is 0 Å². The number of carbonyl (C=O) groups is 3. The van der Waals surface area contributed by atoms with Gasteiger partial charge in [-0.05, 0) is 81.5 Å². The zero-order chi connectivity index (χ0) is 26.2. The Morgan fingerprint density at radius 2 is 1.81 bits per heavy atom. The minimum atomic E-state index is -0.469. The maximum Gasteiger partial charge on any atom is 0.407 e. The van der Waals surface area contributed by atoms with Gasteiger partial charge in [0.2, 0.25) is 11.8 Å². The summed E-state index contributed by atoms with van der Waals surface area (Å²) in [5.41, 5.74) is 1.21. The fourth-order valence-corrected chi connectivity index (χ4v) is 5.68. The molecule has 1 saturated carbocycles. The molecule has 1 aromatic carbocycles. The van der Waals surface area contributed by atoms with E-state index >= 15 is 0 Å². The number of nitrogens with one attached hydrogen (secondary N) is 3. The topological polar surface area (TPSA) is 99.8 Å². The van der Waals surface area contributed by atoms with Gasteiger partial charge in [0.1, 0.15) is 5.82 Å². The van der Waals surface area contributed by atoms with Gasteiger partial charge in [0.25, 0.3) is 0 Å². The fourth-order valence-electron chi connectivity index (χ4n) is 5.68. The second-order valence-corrected chi connectivity index (χ2v) is 10.7. The number of imide groups is 1. The number of ether oxygens (including phenoxy) is 1. The van der Waals surface area contributed by atoms with Crippen molar-refractivity contribution in [3.8, 4) is 0 Å². The number of hydrogen-bond acceptors (Lipinski definition) is 6. The Morgan fingerprint density at radius 3 is 2.49 bits per heavy atom. The van der Waals surface area contributed by atoms with Crippen molar-refractivity contribution < 1.29 is 23.5 Å². The molecule has 8 nitrogen and oxygen atoms in total. The first-order chi connectivity index (χ1) is 17.9. The summed E-state index contributed by atoms with van der Waals surface area (Å²) >= 11 is 0. The molecule has 2 heterocycles. The van der Waals surface area contributed by atoms with Crippen molar-refractivity contribution in [1.29, 1.82) is 0 Å². The highest BCUT2D eigenvalue weighted by Crippen LogP contribution is 2.31. The quantitative estimate of drug-likeness (QED) is 0.339. The lowest BCUT2D eigenvalue weighted by Crippen LogP contribution is -2.44. The van der Waals surface area contributed by atoms with E-state index in [-0.39, 0.29) is 36.2 Å². The van der Waals surface area contributed by atoms with E-state index < -0.39 is 5.92 Å². The molecule has 3 aliphatic rings. The fraction of sp³-hybridized carbons (Fsp3) is 0.679. The molecule has 204 valence electrons. The van der Waals surface area contributed by atoms with Crippen molar-refractivity contribution in [3.05, 3.63) is 29.6 Å². The van der Waals surface area contributed by atoms with Gasteiger partial charge in [-0.1, -0.05) is 19.4 Å². The number of benzene rings is 1. The Labute approximate surface area is 219 Å². The van der Waals surface area contributed by atoms with E-state index in [0.29, 0.717) is 36.2 Å². The second kappa shape index (κ2) is 13.2. The van der Waals surface area contributed by atoms with E-state index in [2.05, 4.69) is 27.8 Å². The standard InChI is InChI=1S/C28H41FN4O4/c1-2-3-16-37-28(36)31-22-7-5-21(6-8-22)30-18-19-12-14-33(15-13-19)25-10-4-20(17-24(25)29)23-9-11-26(34)32-27(23)35/h4,10,17,19,21-23,30H,2-3,5-9,11-16,18H2,1H3,(H,31,36)(H,32,34,35). The Kier molecular flexibility index (Phi) is 9.77. The van der Waals surface area contributed by atoms with Crippen LogP contribution < -0.4 is 20.9 Å². The summed E-state index contributed by atoms with van der Waals surface area (Å²) in [4.78, 5) is 37.5. The van der Waals surface area contributed by atoms with Crippen LogP contribution in [0.1, 0.15) is 82.6 Å². The molecular weight excluding hydrogens is 475 g/mol. The van der Waals surface area contributed by atoms with Crippen LogP contribution in [0.5, 0.6) is 0 Å². The van der Waals surface area contributed by atoms with Gasteiger partial charge in [-0.3, -0.25) is 14.9 Å². The summed E-state index contributed by atoms with van der Waals surface area (Å²) in [6.07, 6.45) is 8.35. The van der Waals surface area contributed by atoms with E-state index in [1.54, 1.807) is 6.07 Å². The number of nitrogens with zero attached hydrogens (tertiary/aromatic N) is 1. The highest BCUT2D eigenvalue weighted by Gasteiger charge is 2.29. The van der Waals surface area contributed by atoms with Crippen LogP contribution in [0.2, 0.25) is 0 Å². The van der Waals surface area contributed by atoms with Crippen molar-refractivity contribution >= 4 is 23.6 Å². The lowest BCUT2D eigenvalue weighted by molar-refractivity contribution is -0.134. The van der Waals surface area contributed by atoms with Gasteiger partial charge >= 0.3 is 6.09 Å². The van der Waals surface area contributed by atoms with Crippen LogP contribution in [0.3, 0.4) is 0 Å². The number of rotatable bonds is 9. The summed E-state index contributed by atoms with van der Waals surface area (Å²) in [7, 11) is 0. The lowest BCUT2D eigenvalue weighted by atomic mass is 9.89. The molecule has 3 N–H and O–H groups in total. The van der Waals surface area contributed by atoms with Crippen LogP contribution in [0.25, 0.3) is 0 Å². The maximum atomic E-state index is 15.0. The summed E-state index contributed by atoms with van der Waals surface area (Å²) < 4.78 is 20.2. The molecule has 1 aliphatic carbocycles. The van der Waals surface area contributed by atoms with Crippen LogP contribution in [-0.4, -0.2) is 56.2 Å². The van der Waals surface area contributed by atoms with Crippen LogP contribution in [0.4, 0.5) is 14.9 Å². The molecule has 3 amide bonds. The Hall–Kier alpha value is -2.68. The average Bonchev–Trinajstić information content (AvgIpc) is 2.89. The molecule has 3 fully saturated rings. The molecule has 4 rings (SSSR count). The maximum absolute atomic E-state index is 15.0. The molecule has 1 unspecified atom stereocenters. The average molecular weight is 517 g/mol. The van der Waals surface area contributed by atoms with Gasteiger partial charge in [-0.25, -0.2) is 9.18 Å². The van der Waals surface area contributed by atoms with Gasteiger partial charge < -0.3 is 20.3 Å². The molecule has 0 bridgehead atoms. The number of anilines is 1. The molecule has 37 heavy (non-hydrogen) atoms. The Morgan fingerprint density at radius 1 is 1.08 bits per heavy atom. The first-order valence-corrected chi connectivity index (χ1v) is 14.0. The van der Waals surface area contributed by atoms with Crippen molar-refractivity contribution in [2.24, 2.45) is 5.92 Å². The Bertz CT molecular complexity index is 942. The largest absolute Gasteiger partial charge is 0.450 e. The minimum Gasteiger partial charge on any atom is -0.450 e. The number of hydrogen-bond donors (Lipinski definition) is 3. The number of alkyl carbamates (subject to hydrolysis) is 1. The molecule has 0 aromatic heterocycles. The third-order valence-electron chi connectivity index (χ3n) is 8.04. The molecule has 9 heteroatoms. The second-order valence-electron chi connectivity index (χ2n) is 10.7. The highest BCUT2D eigenvalue weighted by molar-refractivity contribution is 6.00. The third kappa shape index (κ3) is 7.66. The van der Waals surface area contributed by atoms with Crippen LogP contribution in [0, 0.1) is 11.7 Å². The summed E-state index contributed by atoms with van der Waals surface area (Å²) in [5.74, 6) is -0.820. The van der Waals surface area contributed by atoms with Crippen LogP contribution >= 0.6 is 0 Å². The van der Waals surface area contributed by atoms with Crippen molar-refractivity contribution in [2.45, 2.75) is 89.1 Å². The van der Waals surface area contributed by atoms with Gasteiger partial charge in [-0.15, -0.1) is 0 Å². The van der Waals surface area contributed by atoms with Crippen molar-refractivity contribution in [3.63, 3.8) is 0 Å². The number of piperidine rings is 2. The number of unbranched alkanes of at least 4 members (excludes halogenated alkanes) is 1. The monoisotopic (exact) mass is 516 g/mol. The predicted octanol–water partition coefficient (Wildman–Crippen LogP) is 3.99. The summed E-state index contributed by atoms with van der Waals surface area (Å²) in [5, 5.41) is 9.07. The van der Waals surface area contributed by atoms with E-state index in [1.165, 1.54) is 6.07 Å². The minimum absolute atomic E-state index is 0.201. The van der Waals surface area contributed by atoms with Gasteiger partial charge in [0.05, 0.1) is 18.2 Å². The first kappa shape index (κ1) is 27.4. The number of carbonyl (C=O) groups excluding carboxylic acids is 3. The van der Waals surface area contributed by atoms with E-state index in [4.69, 9.17) is 4.74 Å². The number of halogens is 1. The third-order valence-corrected chi connectivity index (χ3v) is 8.04. The van der Waals surface area contributed by atoms with Gasteiger partial charge in [0, 0.05) is 31.6 Å². The zero-order valence-corrected chi connectivity index (χ0v) is 21.9. The molecular formula is C28H41FN4O4. The molecule has 2 aliphatic heterocycles. The SMILES string of the molecule is CCCCOC(=O)NC1CCC(NCC2CCN(c3ccc(C4CCC(=O)NC4=O)cc3F)CC2)CC1. The van der Waals surface area contributed by atoms with E-state index in [9.17, 15) is 18.8 Å². The molecule has 1 atom stereocenters. The van der Waals surface area contributed by atoms with Crippen molar-refractivity contribution in [2.75, 3.05) is 31.1 Å². The molecule has 0 spiro atoms. The normalized spacial score (nSPS) is 25.0. The first-order valence-electron chi connectivity index (χ1n) is 14.0. The summed E-state index contributed by atoms with van der Waals surface area (Å²) in [6.45, 7) is 5.13. The van der Waals surface area contributed by atoms with Crippen molar-refractivity contribution in [1.82, 2.24) is 16.0 Å². The lowest BCUT2D eigenvalue weighted by Gasteiger charge is -2.36. The Balaban J connectivity index is 1.16. The highest BCUT2D eigenvalue weighted by atomic mass is 19.1. The smallest absolute Gasteiger partial charge is 0.407 e. The van der Waals surface area contributed by atoms with Gasteiger partial charge in [0.15, 0.2) is 0 Å². The van der Waals surface area contributed by atoms with Crippen LogP contribution in [0.15, 0.2) is 18.2 Å². The van der Waals surface area contributed by atoms with E-state index in [0.717, 1.165) is 71.0 Å².